The molecule has 46 valence electrons. The molecule has 0 aliphatic heterocycles. The Morgan fingerprint density at radius 2 is 2.25 bits per heavy atom. The van der Waals surface area contributed by atoms with Crippen molar-refractivity contribution >= 4 is 16.8 Å². The van der Waals surface area contributed by atoms with Gasteiger partial charge in [0.2, 0.25) is 0 Å². The van der Waals surface area contributed by atoms with Gasteiger partial charge in [-0.1, -0.05) is 11.6 Å². The van der Waals surface area contributed by atoms with Gasteiger partial charge >= 0.3 is 0 Å². The van der Waals surface area contributed by atoms with Crippen LogP contribution in [0.5, 0.6) is 0 Å². The molecular weight excluding hydrogens is 124 g/mol. The third-order valence-electron chi connectivity index (χ3n) is 0.707. The number of nitrogens with one attached hydrogen (secondary N) is 2. The van der Waals surface area contributed by atoms with E-state index >= 15 is 0 Å². The minimum atomic E-state index is 0.0827. The highest BCUT2D eigenvalue weighted by Crippen LogP contribution is 1.95. The number of hydrogen-bond donors (Lipinski definition) is 2. The molecule has 0 bridgehead atoms. The van der Waals surface area contributed by atoms with Crippen molar-refractivity contribution < 1.29 is 0 Å². The SMILES string of the molecule is CN/C=C(/C)C(=N)Cl. The third kappa shape index (κ3) is 2.64. The monoisotopic (exact) mass is 132 g/mol. The highest BCUT2D eigenvalue weighted by atomic mass is 35.5. The lowest BCUT2D eigenvalue weighted by Gasteiger charge is -1.91. The minimum absolute atomic E-state index is 0.0827. The Morgan fingerprint density at radius 1 is 1.75 bits per heavy atom. The summed E-state index contributed by atoms with van der Waals surface area (Å²) in [6.45, 7) is 1.77. The van der Waals surface area contributed by atoms with Crippen molar-refractivity contribution in [2.75, 3.05) is 7.05 Å². The molecule has 0 aliphatic carbocycles. The van der Waals surface area contributed by atoms with Gasteiger partial charge in [0, 0.05) is 18.8 Å². The van der Waals surface area contributed by atoms with Gasteiger partial charge in [0.15, 0.2) is 0 Å². The first-order valence-corrected chi connectivity index (χ1v) is 2.64. The first kappa shape index (κ1) is 7.50. The van der Waals surface area contributed by atoms with Gasteiger partial charge in [-0.25, -0.2) is 0 Å². The van der Waals surface area contributed by atoms with Gasteiger partial charge in [0.25, 0.3) is 0 Å². The molecule has 0 aromatic carbocycles. The lowest BCUT2D eigenvalue weighted by Crippen LogP contribution is -1.97. The Kier molecular flexibility index (Phi) is 3.28. The second kappa shape index (κ2) is 3.50. The molecule has 0 radical (unpaired) electrons. The van der Waals surface area contributed by atoms with E-state index in [1.807, 2.05) is 0 Å². The van der Waals surface area contributed by atoms with E-state index < -0.39 is 0 Å². The van der Waals surface area contributed by atoms with E-state index in [-0.39, 0.29) is 5.17 Å². The summed E-state index contributed by atoms with van der Waals surface area (Å²) in [5, 5.41) is 9.71. The molecular formula is C5H9ClN2. The average Bonchev–Trinajstić information content (AvgIpc) is 1.67. The van der Waals surface area contributed by atoms with Crippen LogP contribution < -0.4 is 5.32 Å². The highest BCUT2D eigenvalue weighted by molar-refractivity contribution is 6.68. The predicted molar refractivity (Wildman–Crippen MR) is 36.4 cm³/mol. The lowest BCUT2D eigenvalue weighted by molar-refractivity contribution is 1.09. The van der Waals surface area contributed by atoms with Gasteiger partial charge in [-0.05, 0) is 6.92 Å². The fourth-order valence-electron chi connectivity index (χ4n) is 0.280. The summed E-state index contributed by atoms with van der Waals surface area (Å²) in [5.74, 6) is 0. The van der Waals surface area contributed by atoms with Crippen LogP contribution in [0.2, 0.25) is 0 Å². The Balaban J connectivity index is 3.80. The molecule has 2 N–H and O–H groups in total. The molecule has 0 fully saturated rings. The molecule has 8 heavy (non-hydrogen) atoms. The zero-order valence-electron chi connectivity index (χ0n) is 4.96. The fourth-order valence-corrected chi connectivity index (χ4v) is 0.334. The number of hydrogen-bond acceptors (Lipinski definition) is 2. The Hall–Kier alpha value is -0.500. The molecule has 0 heterocycles. The molecule has 0 aromatic heterocycles. The van der Waals surface area contributed by atoms with Crippen LogP contribution in [-0.4, -0.2) is 12.2 Å². The van der Waals surface area contributed by atoms with Crippen molar-refractivity contribution in [3.63, 3.8) is 0 Å². The summed E-state index contributed by atoms with van der Waals surface area (Å²) >= 11 is 5.28. The van der Waals surface area contributed by atoms with Gasteiger partial charge in [0.05, 0.1) is 0 Å². The molecule has 0 unspecified atom stereocenters. The average molecular weight is 133 g/mol. The summed E-state index contributed by atoms with van der Waals surface area (Å²) < 4.78 is 0. The van der Waals surface area contributed by atoms with E-state index in [1.165, 1.54) is 0 Å². The van der Waals surface area contributed by atoms with Crippen molar-refractivity contribution in [3.05, 3.63) is 11.8 Å². The van der Waals surface area contributed by atoms with Crippen LogP contribution >= 0.6 is 11.6 Å². The molecule has 3 heteroatoms. The van der Waals surface area contributed by atoms with E-state index in [1.54, 1.807) is 20.2 Å². The highest BCUT2D eigenvalue weighted by Gasteiger charge is 1.89. The predicted octanol–water partition coefficient (Wildman–Crippen LogP) is 1.33. The van der Waals surface area contributed by atoms with Gasteiger partial charge in [-0.15, -0.1) is 0 Å². The Labute approximate surface area is 54.0 Å². The smallest absolute Gasteiger partial charge is 0.125 e. The minimum Gasteiger partial charge on any atom is -0.394 e. The second-order valence-corrected chi connectivity index (χ2v) is 1.81. The van der Waals surface area contributed by atoms with Crippen LogP contribution in [0.4, 0.5) is 0 Å². The molecule has 0 rings (SSSR count). The number of allylic oxidation sites excluding steroid dienone is 1. The van der Waals surface area contributed by atoms with Crippen molar-refractivity contribution in [2.45, 2.75) is 6.92 Å². The van der Waals surface area contributed by atoms with Crippen molar-refractivity contribution in [3.8, 4) is 0 Å². The molecule has 0 aromatic rings. The first-order valence-electron chi connectivity index (χ1n) is 2.27. The molecule has 0 atom stereocenters. The zero-order chi connectivity index (χ0) is 6.57. The Bertz CT molecular complexity index is 118. The van der Waals surface area contributed by atoms with Crippen LogP contribution in [0, 0.1) is 5.41 Å². The maximum atomic E-state index is 6.86. The summed E-state index contributed by atoms with van der Waals surface area (Å²) in [7, 11) is 1.77. The van der Waals surface area contributed by atoms with Gasteiger partial charge < -0.3 is 5.32 Å². The maximum Gasteiger partial charge on any atom is 0.125 e. The molecule has 0 aliphatic rings. The van der Waals surface area contributed by atoms with Crippen LogP contribution in [0.25, 0.3) is 0 Å². The maximum absolute atomic E-state index is 6.86. The topological polar surface area (TPSA) is 35.9 Å². The third-order valence-corrected chi connectivity index (χ3v) is 1.01. The fraction of sp³-hybridized carbons (Fsp3) is 0.400. The summed E-state index contributed by atoms with van der Waals surface area (Å²) in [6, 6.07) is 0. The normalized spacial score (nSPS) is 11.1. The zero-order valence-corrected chi connectivity index (χ0v) is 5.71. The lowest BCUT2D eigenvalue weighted by atomic mass is 10.4. The van der Waals surface area contributed by atoms with Gasteiger partial charge in [-0.3, -0.25) is 5.41 Å². The quantitative estimate of drug-likeness (QED) is 0.547. The van der Waals surface area contributed by atoms with E-state index in [4.69, 9.17) is 17.0 Å². The van der Waals surface area contributed by atoms with Gasteiger partial charge in [0.1, 0.15) is 5.17 Å². The molecule has 0 saturated carbocycles. The van der Waals surface area contributed by atoms with E-state index in [9.17, 15) is 0 Å². The van der Waals surface area contributed by atoms with Crippen molar-refractivity contribution in [1.29, 1.82) is 5.41 Å². The van der Waals surface area contributed by atoms with Gasteiger partial charge in [-0.2, -0.15) is 0 Å². The van der Waals surface area contributed by atoms with Crippen molar-refractivity contribution in [1.82, 2.24) is 5.32 Å². The molecule has 0 spiro atoms. The molecule has 0 saturated heterocycles. The molecule has 2 nitrogen and oxygen atoms in total. The van der Waals surface area contributed by atoms with E-state index in [2.05, 4.69) is 5.32 Å². The van der Waals surface area contributed by atoms with Crippen molar-refractivity contribution in [2.24, 2.45) is 0 Å². The van der Waals surface area contributed by atoms with E-state index in [0.717, 1.165) is 5.57 Å². The first-order chi connectivity index (χ1) is 3.68. The van der Waals surface area contributed by atoms with Crippen LogP contribution in [0.3, 0.4) is 0 Å². The summed E-state index contributed by atoms with van der Waals surface area (Å²) in [6.07, 6.45) is 1.68. The standard InChI is InChI=1S/C5H9ClN2/c1-4(3-8-2)5(6)7/h3,7-8H,1-2H3/b4-3-,7-5?. The van der Waals surface area contributed by atoms with Crippen LogP contribution in [-0.2, 0) is 0 Å². The second-order valence-electron chi connectivity index (χ2n) is 1.43. The van der Waals surface area contributed by atoms with E-state index in [0.29, 0.717) is 0 Å². The van der Waals surface area contributed by atoms with Crippen LogP contribution in [0.15, 0.2) is 11.8 Å². The Morgan fingerprint density at radius 3 is 2.38 bits per heavy atom. The van der Waals surface area contributed by atoms with Crippen LogP contribution in [0.1, 0.15) is 6.92 Å². The largest absolute Gasteiger partial charge is 0.394 e. The summed E-state index contributed by atoms with van der Waals surface area (Å²) in [4.78, 5) is 0. The number of halogens is 1. The molecule has 0 amide bonds. The summed E-state index contributed by atoms with van der Waals surface area (Å²) in [5.41, 5.74) is 0.745. The number of rotatable bonds is 2.